The molecule has 1 unspecified atom stereocenters. The van der Waals surface area contributed by atoms with E-state index in [4.69, 9.17) is 21.1 Å². The third kappa shape index (κ3) is 4.26. The van der Waals surface area contributed by atoms with Crippen LogP contribution in [0.15, 0.2) is 12.1 Å². The lowest BCUT2D eigenvalue weighted by molar-refractivity contribution is 0.0661. The van der Waals surface area contributed by atoms with Crippen LogP contribution in [0.2, 0.25) is 0 Å². The fraction of sp³-hybridized carbons (Fsp3) is 0.650. The zero-order valence-corrected chi connectivity index (χ0v) is 16.6. The number of methoxy groups -OCH3 is 2. The number of nitrogens with zero attached hydrogens (tertiary/aromatic N) is 2. The first-order chi connectivity index (χ1) is 12.7. The quantitative estimate of drug-likeness (QED) is 0.682. The van der Waals surface area contributed by atoms with Crippen molar-refractivity contribution in [2.45, 2.75) is 25.7 Å². The van der Waals surface area contributed by atoms with E-state index in [0.29, 0.717) is 23.3 Å². The molecule has 0 radical (unpaired) electrons. The first kappa shape index (κ1) is 19.3. The summed E-state index contributed by atoms with van der Waals surface area (Å²) in [6, 6.07) is 3.77. The predicted octanol–water partition coefficient (Wildman–Crippen LogP) is 3.04. The second-order valence-electron chi connectivity index (χ2n) is 7.22. The van der Waals surface area contributed by atoms with Crippen molar-refractivity contribution in [2.24, 2.45) is 5.92 Å². The number of rotatable bonds is 7. The van der Waals surface area contributed by atoms with Gasteiger partial charge in [0.15, 0.2) is 11.5 Å². The molecule has 0 aliphatic carbocycles. The van der Waals surface area contributed by atoms with Gasteiger partial charge in [-0.2, -0.15) is 0 Å². The molecule has 0 bridgehead atoms. The van der Waals surface area contributed by atoms with Crippen molar-refractivity contribution in [3.05, 3.63) is 23.3 Å². The van der Waals surface area contributed by atoms with Gasteiger partial charge in [0.25, 0.3) is 5.91 Å². The highest BCUT2D eigenvalue weighted by atomic mass is 35.5. The molecule has 1 aromatic carbocycles. The molecule has 1 fully saturated rings. The number of ether oxygens (including phenoxy) is 2. The smallest absolute Gasteiger partial charge is 0.254 e. The summed E-state index contributed by atoms with van der Waals surface area (Å²) in [6.07, 6.45) is 4.30. The molecule has 1 aromatic rings. The number of alkyl halides is 1. The van der Waals surface area contributed by atoms with Crippen molar-refractivity contribution in [3.63, 3.8) is 0 Å². The Balaban J connectivity index is 1.67. The van der Waals surface area contributed by atoms with E-state index in [2.05, 4.69) is 4.90 Å². The van der Waals surface area contributed by atoms with Crippen molar-refractivity contribution in [1.29, 1.82) is 0 Å². The van der Waals surface area contributed by atoms with Gasteiger partial charge in [0.05, 0.1) is 14.2 Å². The second kappa shape index (κ2) is 8.96. The Morgan fingerprint density at radius 1 is 1.19 bits per heavy atom. The van der Waals surface area contributed by atoms with Gasteiger partial charge >= 0.3 is 0 Å². The molecular formula is C20H29ClN2O3. The van der Waals surface area contributed by atoms with Crippen LogP contribution in [-0.4, -0.2) is 68.5 Å². The summed E-state index contributed by atoms with van der Waals surface area (Å²) in [6.45, 7) is 4.90. The lowest BCUT2D eigenvalue weighted by atomic mass is 9.94. The van der Waals surface area contributed by atoms with E-state index in [0.717, 1.165) is 56.7 Å². The third-order valence-electron chi connectivity index (χ3n) is 5.47. The maximum absolute atomic E-state index is 13.0. The van der Waals surface area contributed by atoms with Crippen LogP contribution in [0.25, 0.3) is 0 Å². The number of hydrogen-bond acceptors (Lipinski definition) is 4. The van der Waals surface area contributed by atoms with Crippen LogP contribution >= 0.6 is 11.6 Å². The summed E-state index contributed by atoms with van der Waals surface area (Å²) in [7, 11) is 3.23. The molecule has 0 aromatic heterocycles. The summed E-state index contributed by atoms with van der Waals surface area (Å²) in [5.74, 6) is 2.68. The van der Waals surface area contributed by atoms with E-state index >= 15 is 0 Å². The summed E-state index contributed by atoms with van der Waals surface area (Å²) in [5.41, 5.74) is 1.81. The zero-order chi connectivity index (χ0) is 18.5. The SMILES string of the molecule is COc1cc2c(cc1OC)C(=O)N(CC1CCCN(CCCCl)C1)CC2. The molecule has 2 heterocycles. The van der Waals surface area contributed by atoms with Gasteiger partial charge < -0.3 is 19.3 Å². The Morgan fingerprint density at radius 3 is 2.69 bits per heavy atom. The second-order valence-corrected chi connectivity index (χ2v) is 7.59. The highest BCUT2D eigenvalue weighted by molar-refractivity contribution is 6.17. The highest BCUT2D eigenvalue weighted by Gasteiger charge is 2.29. The van der Waals surface area contributed by atoms with Crippen LogP contribution in [0, 0.1) is 5.92 Å². The monoisotopic (exact) mass is 380 g/mol. The van der Waals surface area contributed by atoms with E-state index in [1.807, 2.05) is 17.0 Å². The van der Waals surface area contributed by atoms with E-state index in [1.54, 1.807) is 14.2 Å². The number of halogens is 1. The number of benzene rings is 1. The van der Waals surface area contributed by atoms with Crippen LogP contribution in [0.5, 0.6) is 11.5 Å². The van der Waals surface area contributed by atoms with Crippen molar-refractivity contribution in [3.8, 4) is 11.5 Å². The molecular weight excluding hydrogens is 352 g/mol. The maximum atomic E-state index is 13.0. The highest BCUT2D eigenvalue weighted by Crippen LogP contribution is 2.33. The van der Waals surface area contributed by atoms with E-state index < -0.39 is 0 Å². The molecule has 3 rings (SSSR count). The third-order valence-corrected chi connectivity index (χ3v) is 5.73. The number of hydrogen-bond donors (Lipinski definition) is 0. The Bertz CT molecular complexity index is 638. The normalized spacial score (nSPS) is 20.8. The minimum Gasteiger partial charge on any atom is -0.493 e. The molecule has 144 valence electrons. The molecule has 1 atom stereocenters. The average molecular weight is 381 g/mol. The number of carbonyl (C=O) groups is 1. The van der Waals surface area contributed by atoms with Gasteiger partial charge in [0.1, 0.15) is 0 Å². The number of amides is 1. The molecule has 5 nitrogen and oxygen atoms in total. The average Bonchev–Trinajstić information content (AvgIpc) is 2.68. The van der Waals surface area contributed by atoms with Gasteiger partial charge in [-0.05, 0) is 62.4 Å². The first-order valence-corrected chi connectivity index (χ1v) is 10.0. The summed E-state index contributed by atoms with van der Waals surface area (Å²) in [4.78, 5) is 17.5. The Kier molecular flexibility index (Phi) is 6.65. The van der Waals surface area contributed by atoms with Gasteiger partial charge in [0, 0.05) is 31.1 Å². The fourth-order valence-electron chi connectivity index (χ4n) is 4.13. The molecule has 0 N–H and O–H groups in total. The van der Waals surface area contributed by atoms with Crippen LogP contribution in [0.1, 0.15) is 35.2 Å². The Morgan fingerprint density at radius 2 is 1.96 bits per heavy atom. The van der Waals surface area contributed by atoms with Gasteiger partial charge in [-0.1, -0.05) is 0 Å². The first-order valence-electron chi connectivity index (χ1n) is 9.48. The van der Waals surface area contributed by atoms with E-state index in [1.165, 1.54) is 12.8 Å². The van der Waals surface area contributed by atoms with Crippen LogP contribution < -0.4 is 9.47 Å². The van der Waals surface area contributed by atoms with Crippen molar-refractivity contribution < 1.29 is 14.3 Å². The molecule has 1 saturated heterocycles. The molecule has 2 aliphatic heterocycles. The van der Waals surface area contributed by atoms with Gasteiger partial charge in [0.2, 0.25) is 0 Å². The summed E-state index contributed by atoms with van der Waals surface area (Å²) in [5, 5.41) is 0. The summed E-state index contributed by atoms with van der Waals surface area (Å²) < 4.78 is 10.7. The molecule has 1 amide bonds. The Hall–Kier alpha value is -1.46. The van der Waals surface area contributed by atoms with Crippen LogP contribution in [-0.2, 0) is 6.42 Å². The Labute approximate surface area is 161 Å². The zero-order valence-electron chi connectivity index (χ0n) is 15.8. The number of likely N-dealkylation sites (tertiary alicyclic amines) is 1. The summed E-state index contributed by atoms with van der Waals surface area (Å²) >= 11 is 5.83. The maximum Gasteiger partial charge on any atom is 0.254 e. The van der Waals surface area contributed by atoms with Crippen molar-refractivity contribution >= 4 is 17.5 Å². The minimum atomic E-state index is 0.116. The molecule has 0 saturated carbocycles. The molecule has 2 aliphatic rings. The van der Waals surface area contributed by atoms with Crippen LogP contribution in [0.3, 0.4) is 0 Å². The topological polar surface area (TPSA) is 42.0 Å². The van der Waals surface area contributed by atoms with Gasteiger partial charge in [-0.25, -0.2) is 0 Å². The number of piperidine rings is 1. The van der Waals surface area contributed by atoms with Gasteiger partial charge in [-0.3, -0.25) is 4.79 Å². The van der Waals surface area contributed by atoms with Crippen molar-refractivity contribution in [1.82, 2.24) is 9.80 Å². The largest absolute Gasteiger partial charge is 0.493 e. The predicted molar refractivity (Wildman–Crippen MR) is 104 cm³/mol. The standard InChI is InChI=1S/C20H29ClN2O3/c1-25-18-11-16-6-10-23(20(24)17(16)12-19(18)26-2)14-15-5-3-8-22(13-15)9-4-7-21/h11-12,15H,3-10,13-14H2,1-2H3. The minimum absolute atomic E-state index is 0.116. The van der Waals surface area contributed by atoms with Crippen LogP contribution in [0.4, 0.5) is 0 Å². The lowest BCUT2D eigenvalue weighted by Crippen LogP contribution is -2.45. The van der Waals surface area contributed by atoms with E-state index in [-0.39, 0.29) is 5.91 Å². The van der Waals surface area contributed by atoms with E-state index in [9.17, 15) is 4.79 Å². The molecule has 6 heteroatoms. The number of fused-ring (bicyclic) bond motifs is 1. The molecule has 26 heavy (non-hydrogen) atoms. The number of carbonyl (C=O) groups excluding carboxylic acids is 1. The van der Waals surface area contributed by atoms with Crippen molar-refractivity contribution in [2.75, 3.05) is 52.8 Å². The lowest BCUT2D eigenvalue weighted by Gasteiger charge is -2.37. The van der Waals surface area contributed by atoms with Gasteiger partial charge in [-0.15, -0.1) is 11.6 Å². The molecule has 0 spiro atoms. The fourth-order valence-corrected chi connectivity index (χ4v) is 4.25.